The van der Waals surface area contributed by atoms with E-state index < -0.39 is 5.97 Å². The summed E-state index contributed by atoms with van der Waals surface area (Å²) in [7, 11) is 0. The van der Waals surface area contributed by atoms with Gasteiger partial charge in [-0.3, -0.25) is 4.79 Å². The molecule has 2 aromatic heterocycles. The Hall–Kier alpha value is -2.77. The van der Waals surface area contributed by atoms with E-state index in [9.17, 15) is 9.59 Å². The lowest BCUT2D eigenvalue weighted by Gasteiger charge is -2.10. The fourth-order valence-corrected chi connectivity index (χ4v) is 2.60. The molecule has 1 amide bonds. The van der Waals surface area contributed by atoms with E-state index in [-0.39, 0.29) is 29.8 Å². The highest BCUT2D eigenvalue weighted by Gasteiger charge is 2.33. The minimum Gasteiger partial charge on any atom is -0.462 e. The zero-order chi connectivity index (χ0) is 18.1. The van der Waals surface area contributed by atoms with Crippen LogP contribution in [0.15, 0.2) is 6.07 Å². The number of carbonyl (C=O) groups excluding carboxylic acids is 2. The largest absolute Gasteiger partial charge is 0.462 e. The maximum Gasteiger partial charge on any atom is 0.343 e. The summed E-state index contributed by atoms with van der Waals surface area (Å²) in [6, 6.07) is 1.84. The van der Waals surface area contributed by atoms with Crippen molar-refractivity contribution >= 4 is 17.7 Å². The van der Waals surface area contributed by atoms with Crippen LogP contribution in [0.25, 0.3) is 5.95 Å². The average Bonchev–Trinajstić information content (AvgIpc) is 3.31. The number of nitrogens with one attached hydrogen (secondary N) is 1. The molecule has 132 valence electrons. The third-order valence-electron chi connectivity index (χ3n) is 3.89. The summed E-state index contributed by atoms with van der Waals surface area (Å²) in [4.78, 5) is 33.4. The smallest absolute Gasteiger partial charge is 0.343 e. The van der Waals surface area contributed by atoms with E-state index in [1.807, 2.05) is 19.9 Å². The topological polar surface area (TPSA) is 99.0 Å². The van der Waals surface area contributed by atoms with Gasteiger partial charge in [0.25, 0.3) is 5.95 Å². The Bertz CT molecular complexity index is 819. The van der Waals surface area contributed by atoms with E-state index >= 15 is 0 Å². The van der Waals surface area contributed by atoms with Gasteiger partial charge in [-0.15, -0.1) is 0 Å². The van der Waals surface area contributed by atoms with Crippen LogP contribution in [0, 0.1) is 26.7 Å². The van der Waals surface area contributed by atoms with Gasteiger partial charge >= 0.3 is 5.97 Å². The molecule has 0 unspecified atom stereocenters. The molecular weight excluding hydrogens is 322 g/mol. The third kappa shape index (κ3) is 3.52. The van der Waals surface area contributed by atoms with E-state index in [0.717, 1.165) is 24.2 Å². The van der Waals surface area contributed by atoms with Crippen LogP contribution in [-0.4, -0.2) is 38.2 Å². The molecule has 2 heterocycles. The Morgan fingerprint density at radius 3 is 2.44 bits per heavy atom. The number of amides is 1. The Morgan fingerprint density at radius 2 is 1.88 bits per heavy atom. The molecule has 0 saturated heterocycles. The van der Waals surface area contributed by atoms with Crippen LogP contribution in [0.4, 0.5) is 5.82 Å². The highest BCUT2D eigenvalue weighted by Crippen LogP contribution is 2.32. The molecule has 2 aromatic rings. The van der Waals surface area contributed by atoms with Crippen molar-refractivity contribution in [2.45, 2.75) is 40.5 Å². The standard InChI is InChI=1S/C17H21N5O3/c1-5-25-16(24)13-11(4)21-22(14(13)20-15(23)12-6-7-12)17-18-9(2)8-10(3)19-17/h8,12H,5-7H2,1-4H3,(H,20,23). The molecule has 0 aliphatic heterocycles. The van der Waals surface area contributed by atoms with Gasteiger partial charge in [0.15, 0.2) is 5.82 Å². The number of aryl methyl sites for hydroxylation is 3. The Balaban J connectivity index is 2.11. The van der Waals surface area contributed by atoms with Gasteiger partial charge in [0, 0.05) is 17.3 Å². The number of nitrogens with zero attached hydrogens (tertiary/aromatic N) is 4. The molecule has 25 heavy (non-hydrogen) atoms. The number of carbonyl (C=O) groups is 2. The summed E-state index contributed by atoms with van der Waals surface area (Å²) >= 11 is 0. The second-order valence-corrected chi connectivity index (χ2v) is 6.16. The zero-order valence-corrected chi connectivity index (χ0v) is 14.8. The van der Waals surface area contributed by atoms with Crippen molar-refractivity contribution in [2.75, 3.05) is 11.9 Å². The van der Waals surface area contributed by atoms with Crippen molar-refractivity contribution in [3.8, 4) is 5.95 Å². The summed E-state index contributed by atoms with van der Waals surface area (Å²) in [6.45, 7) is 7.36. The van der Waals surface area contributed by atoms with Gasteiger partial charge in [-0.05, 0) is 46.6 Å². The van der Waals surface area contributed by atoms with Crippen molar-refractivity contribution in [2.24, 2.45) is 5.92 Å². The summed E-state index contributed by atoms with van der Waals surface area (Å²) in [5.74, 6) is -0.100. The summed E-state index contributed by atoms with van der Waals surface area (Å²) in [5.41, 5.74) is 2.23. The normalized spacial score (nSPS) is 13.6. The molecule has 1 fully saturated rings. The molecule has 0 aromatic carbocycles. The first kappa shape index (κ1) is 17.1. The number of rotatable bonds is 5. The van der Waals surface area contributed by atoms with Gasteiger partial charge in [-0.2, -0.15) is 9.78 Å². The Kier molecular flexibility index (Phi) is 4.52. The molecule has 0 bridgehead atoms. The second-order valence-electron chi connectivity index (χ2n) is 6.16. The van der Waals surface area contributed by atoms with Crippen LogP contribution in [0.3, 0.4) is 0 Å². The van der Waals surface area contributed by atoms with Gasteiger partial charge in [0.2, 0.25) is 5.91 Å². The molecule has 8 nitrogen and oxygen atoms in total. The maximum atomic E-state index is 12.4. The molecule has 0 atom stereocenters. The zero-order valence-electron chi connectivity index (χ0n) is 14.8. The minimum absolute atomic E-state index is 0.0149. The molecule has 1 aliphatic carbocycles. The number of ether oxygens (including phenoxy) is 1. The van der Waals surface area contributed by atoms with Crippen LogP contribution in [-0.2, 0) is 9.53 Å². The SMILES string of the molecule is CCOC(=O)c1c(C)nn(-c2nc(C)cc(C)n2)c1NC(=O)C1CC1. The molecule has 1 aliphatic rings. The minimum atomic E-state index is -0.526. The Morgan fingerprint density at radius 1 is 1.24 bits per heavy atom. The summed E-state index contributed by atoms with van der Waals surface area (Å²) in [5, 5.41) is 7.19. The average molecular weight is 343 g/mol. The van der Waals surface area contributed by atoms with E-state index in [0.29, 0.717) is 11.6 Å². The van der Waals surface area contributed by atoms with Crippen molar-refractivity contribution in [3.63, 3.8) is 0 Å². The van der Waals surface area contributed by atoms with Crippen LogP contribution in [0.1, 0.15) is 47.2 Å². The first-order valence-electron chi connectivity index (χ1n) is 8.31. The van der Waals surface area contributed by atoms with E-state index in [2.05, 4.69) is 20.4 Å². The monoisotopic (exact) mass is 343 g/mol. The third-order valence-corrected chi connectivity index (χ3v) is 3.89. The van der Waals surface area contributed by atoms with Crippen molar-refractivity contribution in [3.05, 3.63) is 28.7 Å². The van der Waals surface area contributed by atoms with Gasteiger partial charge in [0.05, 0.1) is 12.3 Å². The molecule has 3 rings (SSSR count). The van der Waals surface area contributed by atoms with Crippen LogP contribution < -0.4 is 5.32 Å². The number of aromatic nitrogens is 4. The first-order chi connectivity index (χ1) is 11.9. The van der Waals surface area contributed by atoms with E-state index in [4.69, 9.17) is 4.74 Å². The Labute approximate surface area is 145 Å². The lowest BCUT2D eigenvalue weighted by Crippen LogP contribution is -2.20. The molecule has 1 N–H and O–H groups in total. The van der Waals surface area contributed by atoms with Gasteiger partial charge in [0.1, 0.15) is 5.56 Å². The molecular formula is C17H21N5O3. The summed E-state index contributed by atoms with van der Waals surface area (Å²) in [6.07, 6.45) is 1.71. The van der Waals surface area contributed by atoms with Gasteiger partial charge in [-0.1, -0.05) is 0 Å². The molecule has 8 heteroatoms. The van der Waals surface area contributed by atoms with Crippen LogP contribution in [0.5, 0.6) is 0 Å². The molecule has 0 spiro atoms. The van der Waals surface area contributed by atoms with E-state index in [1.54, 1.807) is 13.8 Å². The number of anilines is 1. The number of hydrogen-bond acceptors (Lipinski definition) is 6. The van der Waals surface area contributed by atoms with Crippen LogP contribution in [0.2, 0.25) is 0 Å². The van der Waals surface area contributed by atoms with Gasteiger partial charge in [-0.25, -0.2) is 14.8 Å². The fraction of sp³-hybridized carbons (Fsp3) is 0.471. The fourth-order valence-electron chi connectivity index (χ4n) is 2.60. The van der Waals surface area contributed by atoms with Crippen LogP contribution >= 0.6 is 0 Å². The van der Waals surface area contributed by atoms with Crippen molar-refractivity contribution < 1.29 is 14.3 Å². The van der Waals surface area contributed by atoms with Crippen molar-refractivity contribution in [1.29, 1.82) is 0 Å². The molecule has 0 radical (unpaired) electrons. The lowest BCUT2D eigenvalue weighted by atomic mass is 10.2. The number of esters is 1. The molecule has 1 saturated carbocycles. The lowest BCUT2D eigenvalue weighted by molar-refractivity contribution is -0.117. The van der Waals surface area contributed by atoms with E-state index in [1.165, 1.54) is 4.68 Å². The van der Waals surface area contributed by atoms with Gasteiger partial charge < -0.3 is 10.1 Å². The quantitative estimate of drug-likeness (QED) is 0.835. The summed E-state index contributed by atoms with van der Waals surface area (Å²) < 4.78 is 6.52. The maximum absolute atomic E-state index is 12.4. The number of hydrogen-bond donors (Lipinski definition) is 1. The second kappa shape index (κ2) is 6.62. The highest BCUT2D eigenvalue weighted by molar-refractivity contribution is 6.02. The predicted octanol–water partition coefficient (Wildman–Crippen LogP) is 2.11. The first-order valence-corrected chi connectivity index (χ1v) is 8.31. The predicted molar refractivity (Wildman–Crippen MR) is 90.7 cm³/mol. The highest BCUT2D eigenvalue weighted by atomic mass is 16.5. The van der Waals surface area contributed by atoms with Crippen molar-refractivity contribution in [1.82, 2.24) is 19.7 Å².